The summed E-state index contributed by atoms with van der Waals surface area (Å²) in [6.45, 7) is 0. The van der Waals surface area contributed by atoms with Crippen molar-refractivity contribution >= 4 is 65.5 Å². The topological polar surface area (TPSA) is 34.0 Å². The number of para-hydroxylation sites is 1. The average molecular weight is 747 g/mol. The first-order chi connectivity index (χ1) is 28.3. The van der Waals surface area contributed by atoms with Crippen molar-refractivity contribution in [2.45, 2.75) is 12.0 Å². The van der Waals surface area contributed by atoms with Gasteiger partial charge in [-0.25, -0.2) is 9.97 Å². The van der Waals surface area contributed by atoms with E-state index >= 15 is 0 Å². The third kappa shape index (κ3) is 5.06. The molecule has 4 heterocycles. The minimum atomic E-state index is 0.219. The fourth-order valence-corrected chi connectivity index (χ4v) is 10.2. The molecular weight excluding hydrogens is 713 g/mol. The summed E-state index contributed by atoms with van der Waals surface area (Å²) < 4.78 is 2.28. The number of hydrogen-bond donors (Lipinski definition) is 0. The van der Waals surface area contributed by atoms with Crippen molar-refractivity contribution < 1.29 is 0 Å². The van der Waals surface area contributed by atoms with Gasteiger partial charge in [0.05, 0.1) is 22.8 Å². The Bertz CT molecular complexity index is 3250. The van der Waals surface area contributed by atoms with Gasteiger partial charge in [0.2, 0.25) is 5.95 Å². The number of fused-ring (bicyclic) bond motifs is 8. The zero-order valence-electron chi connectivity index (χ0n) is 30.8. The van der Waals surface area contributed by atoms with E-state index in [4.69, 9.17) is 9.97 Å². The number of rotatable bonds is 5. The summed E-state index contributed by atoms with van der Waals surface area (Å²) in [6, 6.07) is 61.5. The van der Waals surface area contributed by atoms with E-state index in [2.05, 4.69) is 204 Å². The first kappa shape index (κ1) is 32.2. The number of hydrogen-bond acceptors (Lipinski definition) is 4. The van der Waals surface area contributed by atoms with E-state index in [-0.39, 0.29) is 12.0 Å². The van der Waals surface area contributed by atoms with Crippen LogP contribution in [0.25, 0.3) is 81.6 Å². The van der Waals surface area contributed by atoms with E-state index in [1.807, 2.05) is 0 Å². The lowest BCUT2D eigenvalue weighted by Crippen LogP contribution is -2.28. The highest BCUT2D eigenvalue weighted by Gasteiger charge is 2.39. The monoisotopic (exact) mass is 746 g/mol. The first-order valence-corrected chi connectivity index (χ1v) is 20.3. The third-order valence-electron chi connectivity index (χ3n) is 11.7. The summed E-state index contributed by atoms with van der Waals surface area (Å²) in [5, 5.41) is 5.83. The normalized spacial score (nSPS) is 15.9. The molecule has 4 nitrogen and oxygen atoms in total. The van der Waals surface area contributed by atoms with Gasteiger partial charge in [-0.15, -0.1) is 11.3 Å². The van der Waals surface area contributed by atoms with Crippen LogP contribution in [0, 0.1) is 0 Å². The molecule has 2 aliphatic rings. The molecule has 57 heavy (non-hydrogen) atoms. The molecule has 12 rings (SSSR count). The second kappa shape index (κ2) is 12.7. The smallest absolute Gasteiger partial charge is 0.236 e. The Kier molecular flexibility index (Phi) is 7.19. The predicted octanol–water partition coefficient (Wildman–Crippen LogP) is 13.7. The highest BCUT2D eigenvalue weighted by molar-refractivity contribution is 7.21. The van der Waals surface area contributed by atoms with Gasteiger partial charge >= 0.3 is 0 Å². The fourth-order valence-electron chi connectivity index (χ4n) is 9.19. The number of allylic oxidation sites excluding steroid dienone is 2. The van der Waals surface area contributed by atoms with Gasteiger partial charge < -0.3 is 4.90 Å². The predicted molar refractivity (Wildman–Crippen MR) is 239 cm³/mol. The molecule has 0 spiro atoms. The second-order valence-corrected chi connectivity index (χ2v) is 16.0. The molecule has 0 bridgehead atoms. The quantitative estimate of drug-likeness (QED) is 0.176. The van der Waals surface area contributed by atoms with Gasteiger partial charge in [0.25, 0.3) is 0 Å². The maximum Gasteiger partial charge on any atom is 0.236 e. The lowest BCUT2D eigenvalue weighted by Gasteiger charge is -2.28. The summed E-state index contributed by atoms with van der Waals surface area (Å²) in [5.41, 5.74) is 11.7. The van der Waals surface area contributed by atoms with E-state index in [0.717, 1.165) is 32.5 Å². The van der Waals surface area contributed by atoms with E-state index in [1.165, 1.54) is 60.1 Å². The molecule has 0 saturated carbocycles. The Morgan fingerprint density at radius 2 is 1.21 bits per heavy atom. The second-order valence-electron chi connectivity index (χ2n) is 14.9. The molecule has 0 fully saturated rings. The third-order valence-corrected chi connectivity index (χ3v) is 12.8. The van der Waals surface area contributed by atoms with Crippen molar-refractivity contribution in [3.8, 4) is 38.8 Å². The summed E-state index contributed by atoms with van der Waals surface area (Å²) in [4.78, 5) is 15.5. The molecule has 2 unspecified atom stereocenters. The molecule has 0 radical (unpaired) electrons. The molecule has 2 atom stereocenters. The SMILES string of the molecule is C1=CC2c3c(-c4ccc5c(c4)c4cc6ccccc6cc4n5-c4nc(-c5ccccc5)c5cc(-c6ccccc6)sc5n4)cccc3N(c3ccccc3)C2C=C1. The van der Waals surface area contributed by atoms with Gasteiger partial charge in [0.15, 0.2) is 0 Å². The summed E-state index contributed by atoms with van der Waals surface area (Å²) in [7, 11) is 0. The highest BCUT2D eigenvalue weighted by atomic mass is 32.1. The molecule has 5 heteroatoms. The van der Waals surface area contributed by atoms with Gasteiger partial charge in [-0.1, -0.05) is 146 Å². The lowest BCUT2D eigenvalue weighted by atomic mass is 9.86. The van der Waals surface area contributed by atoms with Crippen molar-refractivity contribution in [1.29, 1.82) is 0 Å². The maximum absolute atomic E-state index is 5.45. The van der Waals surface area contributed by atoms with Crippen molar-refractivity contribution in [1.82, 2.24) is 14.5 Å². The van der Waals surface area contributed by atoms with Crippen LogP contribution < -0.4 is 4.90 Å². The largest absolute Gasteiger partial charge is 0.333 e. The van der Waals surface area contributed by atoms with Gasteiger partial charge in [0, 0.05) is 43.9 Å². The van der Waals surface area contributed by atoms with E-state index < -0.39 is 0 Å². The molecule has 7 aromatic carbocycles. The molecule has 0 amide bonds. The number of anilines is 2. The van der Waals surface area contributed by atoms with Crippen LogP contribution in [-0.4, -0.2) is 20.6 Å². The Labute approximate surface area is 334 Å². The average Bonchev–Trinajstić information content (AvgIpc) is 3.96. The Balaban J connectivity index is 1.10. The van der Waals surface area contributed by atoms with Crippen LogP contribution in [0.1, 0.15) is 11.5 Å². The van der Waals surface area contributed by atoms with Crippen molar-refractivity contribution in [2.75, 3.05) is 4.90 Å². The van der Waals surface area contributed by atoms with Crippen LogP contribution in [0.15, 0.2) is 194 Å². The first-order valence-electron chi connectivity index (χ1n) is 19.5. The Morgan fingerprint density at radius 1 is 0.509 bits per heavy atom. The van der Waals surface area contributed by atoms with Gasteiger partial charge in [-0.05, 0) is 81.6 Å². The Morgan fingerprint density at radius 3 is 2.02 bits per heavy atom. The molecule has 3 aromatic heterocycles. The van der Waals surface area contributed by atoms with E-state index in [0.29, 0.717) is 5.95 Å². The van der Waals surface area contributed by atoms with Gasteiger partial charge in [0.1, 0.15) is 4.83 Å². The Hall–Kier alpha value is -7.08. The molecule has 10 aromatic rings. The standard InChI is InChI=1S/C52H34N4S/c1-4-15-33(16-5-1)48-32-43-50(34-17-6-2-7-18-34)53-52(54-51(43)57-48)56-45-28-27-37(30-41(45)42-29-35-19-10-11-20-36(35)31-47(42)56)39-24-14-26-46-49(39)40-23-12-13-25-44(40)55(46)38-21-8-3-9-22-38/h1-32,40,44H. The minimum Gasteiger partial charge on any atom is -0.333 e. The number of nitrogens with zero attached hydrogens (tertiary/aromatic N) is 4. The van der Waals surface area contributed by atoms with E-state index in [1.54, 1.807) is 11.3 Å². The van der Waals surface area contributed by atoms with Crippen LogP contribution in [0.2, 0.25) is 0 Å². The summed E-state index contributed by atoms with van der Waals surface area (Å²) in [6.07, 6.45) is 9.11. The van der Waals surface area contributed by atoms with Crippen molar-refractivity contribution in [2.24, 2.45) is 0 Å². The van der Waals surface area contributed by atoms with Crippen LogP contribution >= 0.6 is 11.3 Å². The number of aromatic nitrogens is 3. The number of thiophene rings is 1. The van der Waals surface area contributed by atoms with Crippen LogP contribution in [0.4, 0.5) is 11.4 Å². The van der Waals surface area contributed by atoms with Crippen LogP contribution in [-0.2, 0) is 0 Å². The molecule has 1 aliphatic heterocycles. The van der Waals surface area contributed by atoms with Gasteiger partial charge in [-0.3, -0.25) is 4.57 Å². The lowest BCUT2D eigenvalue weighted by molar-refractivity contribution is 0.745. The minimum absolute atomic E-state index is 0.219. The molecule has 1 aliphatic carbocycles. The van der Waals surface area contributed by atoms with E-state index in [9.17, 15) is 0 Å². The van der Waals surface area contributed by atoms with Crippen molar-refractivity contribution in [3.63, 3.8) is 0 Å². The molecule has 0 N–H and O–H groups in total. The maximum atomic E-state index is 5.45. The van der Waals surface area contributed by atoms with Crippen LogP contribution in [0.5, 0.6) is 0 Å². The zero-order valence-corrected chi connectivity index (χ0v) is 31.6. The fraction of sp³-hybridized carbons (Fsp3) is 0.0385. The molecule has 0 saturated heterocycles. The summed E-state index contributed by atoms with van der Waals surface area (Å²) >= 11 is 1.72. The van der Waals surface area contributed by atoms with Gasteiger partial charge in [-0.2, -0.15) is 0 Å². The highest BCUT2D eigenvalue weighted by Crippen LogP contribution is 2.51. The molecule has 268 valence electrons. The zero-order chi connectivity index (χ0) is 37.5. The molecular formula is C52H34N4S. The van der Waals surface area contributed by atoms with Crippen LogP contribution in [0.3, 0.4) is 0 Å². The number of benzene rings is 7. The van der Waals surface area contributed by atoms with Crippen molar-refractivity contribution in [3.05, 3.63) is 200 Å². The summed E-state index contributed by atoms with van der Waals surface area (Å²) in [5.74, 6) is 0.914.